The van der Waals surface area contributed by atoms with Crippen LogP contribution in [0.1, 0.15) is 226 Å². The molecule has 1 amide bonds. The van der Waals surface area contributed by atoms with Crippen LogP contribution >= 0.6 is 22.9 Å². The summed E-state index contributed by atoms with van der Waals surface area (Å²) in [5.41, 5.74) is 6.40. The molecule has 2 fully saturated rings. The molecule has 0 unspecified atom stereocenters. The number of imidazole rings is 1. The zero-order valence-corrected chi connectivity index (χ0v) is 65.6. The molecule has 1 saturated carbocycles. The predicted molar refractivity (Wildman–Crippen MR) is 398 cm³/mol. The Morgan fingerprint density at radius 1 is 0.610 bits per heavy atom. The summed E-state index contributed by atoms with van der Waals surface area (Å²) in [6, 6.07) is 21.7. The number of nitrogens with zero attached hydrogens (tertiary/aromatic N) is 8. The molecule has 7 aromatic rings. The highest BCUT2D eigenvalue weighted by molar-refractivity contribution is 7.11. The van der Waals surface area contributed by atoms with Gasteiger partial charge in [-0.05, 0) is 139 Å². The third-order valence-electron chi connectivity index (χ3n) is 16.5. The van der Waals surface area contributed by atoms with Crippen LogP contribution in [-0.4, -0.2) is 93.5 Å². The minimum Gasteiger partial charge on any atom is -0.476 e. The van der Waals surface area contributed by atoms with E-state index in [-0.39, 0.29) is 56.8 Å². The van der Waals surface area contributed by atoms with E-state index in [1.165, 1.54) is 39.6 Å². The Balaban J connectivity index is 0.000000220. The van der Waals surface area contributed by atoms with Crippen LogP contribution < -0.4 is 15.0 Å². The molecule has 2 aliphatic heterocycles. The van der Waals surface area contributed by atoms with Crippen LogP contribution in [0.2, 0.25) is 5.02 Å². The first-order valence-electron chi connectivity index (χ1n) is 34.2. The number of piperazine rings is 1. The third kappa shape index (κ3) is 27.2. The van der Waals surface area contributed by atoms with Gasteiger partial charge in [-0.15, -0.1) is 11.3 Å². The smallest absolute Gasteiger partial charge is 0.421 e. The normalized spacial score (nSPS) is 15.0. The number of anilines is 2. The number of alkyl halides is 6. The largest absolute Gasteiger partial charge is 0.476 e. The second kappa shape index (κ2) is 33.6. The number of benzene rings is 3. The van der Waals surface area contributed by atoms with Crippen molar-refractivity contribution in [1.29, 1.82) is 0 Å². The molecule has 100 heavy (non-hydrogen) atoms. The molecule has 1 saturated heterocycles. The van der Waals surface area contributed by atoms with E-state index in [2.05, 4.69) is 182 Å². The molecular formula is C79H112ClF6N9O4S. The Kier molecular flexibility index (Phi) is 28.2. The molecule has 3 aliphatic rings. The molecule has 0 spiro atoms. The molecule has 3 aromatic carbocycles. The number of pyridine rings is 1. The first-order valence-corrected chi connectivity index (χ1v) is 35.4. The van der Waals surface area contributed by atoms with Crippen LogP contribution in [0.5, 0.6) is 5.88 Å². The van der Waals surface area contributed by atoms with Crippen molar-refractivity contribution < 1.29 is 45.1 Å². The van der Waals surface area contributed by atoms with E-state index in [9.17, 15) is 31.1 Å². The van der Waals surface area contributed by atoms with Crippen LogP contribution in [-0.2, 0) is 59.8 Å². The number of aryl methyl sites for hydroxylation is 2. The van der Waals surface area contributed by atoms with Crippen LogP contribution in [0, 0.1) is 19.8 Å². The number of rotatable bonds is 8. The summed E-state index contributed by atoms with van der Waals surface area (Å²) < 4.78 is 96.7. The number of aromatic nitrogens is 5. The Morgan fingerprint density at radius 2 is 1.17 bits per heavy atom. The summed E-state index contributed by atoms with van der Waals surface area (Å²) in [5, 5.41) is 9.02. The number of halogens is 7. The molecule has 6 heterocycles. The second-order valence-corrected chi connectivity index (χ2v) is 35.1. The van der Waals surface area contributed by atoms with Crippen molar-refractivity contribution >= 4 is 40.2 Å². The first-order chi connectivity index (χ1) is 45.7. The molecule has 0 bridgehead atoms. The molecule has 0 radical (unpaired) electrons. The SMILES string of the molecule is CC(C)(C)c1cc(C(C)(C)C)on1.CC(C)(C)c1ccc(NC(=O)C2CC2)cc1.CC1=CN(c2cc(Cl)cc(C(C)(C)C)c2)CO1.CN1CCN(CCOc2ncc(C(C)(C)C)cc2C(F)(F)F)CC1.Cc1cn(-c2cc(C(C)(C)C)cc(C(F)(F)F)c2)cn1.Cc1cnc(C(C)(C)C)s1. The number of hydrogen-bond acceptors (Lipinski definition) is 12. The van der Waals surface area contributed by atoms with Crippen molar-refractivity contribution in [2.45, 2.75) is 229 Å². The van der Waals surface area contributed by atoms with Crippen molar-refractivity contribution in [1.82, 2.24) is 34.5 Å². The fourth-order valence-corrected chi connectivity index (χ4v) is 10.6. The zero-order valence-electron chi connectivity index (χ0n) is 64.0. The zero-order chi connectivity index (χ0) is 75.5. The quantitative estimate of drug-likeness (QED) is 0.146. The predicted octanol–water partition coefficient (Wildman–Crippen LogP) is 21.2. The van der Waals surface area contributed by atoms with E-state index in [0.717, 1.165) is 90.5 Å². The van der Waals surface area contributed by atoms with E-state index in [0.29, 0.717) is 30.1 Å². The molecule has 21 heteroatoms. The third-order valence-corrected chi connectivity index (χ3v) is 18.0. The van der Waals surface area contributed by atoms with Crippen molar-refractivity contribution in [3.63, 3.8) is 0 Å². The lowest BCUT2D eigenvalue weighted by atomic mass is 9.85. The first kappa shape index (κ1) is 83.9. The fraction of sp³-hybridized carbons (Fsp3) is 0.557. The summed E-state index contributed by atoms with van der Waals surface area (Å²) in [5.74, 6) is 2.00. The van der Waals surface area contributed by atoms with Gasteiger partial charge >= 0.3 is 12.4 Å². The maximum absolute atomic E-state index is 13.3. The highest BCUT2D eigenvalue weighted by atomic mass is 35.5. The molecule has 1 aliphatic carbocycles. The number of carbonyl (C=O) groups excluding carboxylic acids is 1. The molecule has 4 aromatic heterocycles. The minimum atomic E-state index is -4.47. The number of ether oxygens (including phenoxy) is 2. The number of allylic oxidation sites excluding steroid dienone is 1. The van der Waals surface area contributed by atoms with Gasteiger partial charge in [0.1, 0.15) is 23.7 Å². The van der Waals surface area contributed by atoms with Gasteiger partial charge in [-0.3, -0.25) is 9.69 Å². The van der Waals surface area contributed by atoms with Crippen molar-refractivity contribution in [2.75, 3.05) is 63.3 Å². The van der Waals surface area contributed by atoms with Crippen molar-refractivity contribution in [2.24, 2.45) is 5.92 Å². The van der Waals surface area contributed by atoms with Crippen LogP contribution in [0.4, 0.5) is 37.7 Å². The topological polar surface area (TPSA) is 127 Å². The van der Waals surface area contributed by atoms with Gasteiger partial charge in [-0.2, -0.15) is 26.3 Å². The Labute approximate surface area is 601 Å². The summed E-state index contributed by atoms with van der Waals surface area (Å²) in [6.07, 6.45) is 1.91. The number of nitrogens with one attached hydrogen (secondary N) is 1. The van der Waals surface area contributed by atoms with E-state index < -0.39 is 28.9 Å². The summed E-state index contributed by atoms with van der Waals surface area (Å²) in [4.78, 5) is 31.6. The minimum absolute atomic E-state index is 0.0521. The van der Waals surface area contributed by atoms with Gasteiger partial charge in [0.25, 0.3) is 0 Å². The Morgan fingerprint density at radius 3 is 1.60 bits per heavy atom. The van der Waals surface area contributed by atoms with E-state index >= 15 is 0 Å². The van der Waals surface area contributed by atoms with Crippen LogP contribution in [0.3, 0.4) is 0 Å². The van der Waals surface area contributed by atoms with Gasteiger partial charge in [0.15, 0.2) is 6.73 Å². The monoisotopic (exact) mass is 1430 g/mol. The Hall–Kier alpha value is -6.74. The van der Waals surface area contributed by atoms with Gasteiger partial charge in [0.2, 0.25) is 11.8 Å². The number of carbonyl (C=O) groups is 1. The molecule has 1 N–H and O–H groups in total. The molecular weight excluding hydrogens is 1320 g/mol. The summed E-state index contributed by atoms with van der Waals surface area (Å²) in [7, 11) is 2.06. The second-order valence-electron chi connectivity index (χ2n) is 33.4. The molecule has 552 valence electrons. The molecule has 10 rings (SSSR count). The van der Waals surface area contributed by atoms with E-state index in [1.807, 2.05) is 85.1 Å². The molecule has 13 nitrogen and oxygen atoms in total. The lowest BCUT2D eigenvalue weighted by Gasteiger charge is -2.32. The lowest BCUT2D eigenvalue weighted by molar-refractivity contribution is -0.139. The van der Waals surface area contributed by atoms with Crippen molar-refractivity contribution in [3.8, 4) is 11.6 Å². The average Bonchev–Trinajstić information content (AvgIpc) is 1.04. The van der Waals surface area contributed by atoms with Crippen molar-refractivity contribution in [3.05, 3.63) is 175 Å². The van der Waals surface area contributed by atoms with Crippen LogP contribution in [0.25, 0.3) is 5.69 Å². The fourth-order valence-electron chi connectivity index (χ4n) is 9.56. The molecule has 0 atom stereocenters. The number of likely N-dealkylation sites (N-methyl/N-ethyl adjacent to an activating group) is 1. The van der Waals surface area contributed by atoms with Gasteiger partial charge in [-0.1, -0.05) is 174 Å². The van der Waals surface area contributed by atoms with Gasteiger partial charge < -0.3 is 33.7 Å². The summed E-state index contributed by atoms with van der Waals surface area (Å²) in [6.45, 7) is 54.7. The van der Waals surface area contributed by atoms with E-state index in [4.69, 9.17) is 25.6 Å². The highest BCUT2D eigenvalue weighted by Crippen LogP contribution is 2.40. The standard InChI is InChI=1S/C17H26F3N3O.C15H17F3N2.C14H18ClNO.C14H19NO.C11H19NO.C8H13NS/c1-16(2,3)13-11-14(17(18,19)20)15(21-12-13)24-10-9-23-7-5-22(4)6-8-23;1-10-8-20(9-19-10)13-6-11(14(2,3)4)5-12(7-13)15(16,17)18;1-10-8-16(9-17-10)13-6-11(14(2,3)4)5-12(15)7-13;1-14(2,3)11-6-8-12(9-7-11)15-13(16)10-4-5-10;1-10(2,3)8-7-9(13-12-8)11(4,5)6;1-6-5-9-7(10-6)8(2,3)4/h11-12H,5-10H2,1-4H3;5-9H,1-4H3;5-8H,9H2,1-4H3;6-10H,4-5H2,1-3H3,(H,15,16);7H,1-6H3;5H,1-4H3. The van der Waals surface area contributed by atoms with Gasteiger partial charge in [-0.25, -0.2) is 15.0 Å². The maximum atomic E-state index is 13.3. The van der Waals surface area contributed by atoms with Crippen LogP contribution in [0.15, 0.2) is 114 Å². The maximum Gasteiger partial charge on any atom is 0.421 e. The lowest BCUT2D eigenvalue weighted by Crippen LogP contribution is -2.45. The number of hydrogen-bond donors (Lipinski definition) is 1. The summed E-state index contributed by atoms with van der Waals surface area (Å²) >= 11 is 7.97. The highest BCUT2D eigenvalue weighted by Gasteiger charge is 2.38. The Bertz CT molecular complexity index is 3710. The van der Waals surface area contributed by atoms with E-state index in [1.54, 1.807) is 35.1 Å². The number of amides is 1. The van der Waals surface area contributed by atoms with Gasteiger partial charge in [0, 0.05) is 113 Å². The van der Waals surface area contributed by atoms with Gasteiger partial charge in [0.05, 0.1) is 28.3 Å². The number of thiazole rings is 1. The average molecular weight is 1430 g/mol.